The lowest BCUT2D eigenvalue weighted by atomic mass is 10.2. The fourth-order valence-corrected chi connectivity index (χ4v) is 2.18. The third-order valence-electron chi connectivity index (χ3n) is 2.59. The molecule has 2 aromatic heterocycles. The predicted molar refractivity (Wildman–Crippen MR) is 68.3 cm³/mol. The van der Waals surface area contributed by atoms with Gasteiger partial charge in [0, 0.05) is 12.4 Å². The number of aromatic carboxylic acids is 1. The average Bonchev–Trinajstić information content (AvgIpc) is 2.97. The van der Waals surface area contributed by atoms with Crippen LogP contribution in [0, 0.1) is 6.92 Å². The summed E-state index contributed by atoms with van der Waals surface area (Å²) in [5.74, 6) is -0.508. The highest BCUT2D eigenvalue weighted by Crippen LogP contribution is 2.17. The minimum absolute atomic E-state index is 0.115. The summed E-state index contributed by atoms with van der Waals surface area (Å²) in [6.07, 6.45) is 0. The van der Waals surface area contributed by atoms with Gasteiger partial charge in [-0.15, -0.1) is 11.3 Å². The average molecular weight is 280 g/mol. The maximum atomic E-state index is 11.9. The molecule has 6 nitrogen and oxygen atoms in total. The number of nitrogens with zero attached hydrogens (tertiary/aromatic N) is 2. The van der Waals surface area contributed by atoms with E-state index in [0.717, 1.165) is 0 Å². The number of aromatic nitrogens is 1. The Bertz CT molecular complexity index is 603. The molecule has 2 rings (SSSR count). The first-order valence-electron chi connectivity index (χ1n) is 5.45. The summed E-state index contributed by atoms with van der Waals surface area (Å²) in [5.41, 5.74) is 2.07. The highest BCUT2D eigenvalue weighted by atomic mass is 32.1. The zero-order valence-corrected chi connectivity index (χ0v) is 11.2. The van der Waals surface area contributed by atoms with Gasteiger partial charge < -0.3 is 14.4 Å². The molecule has 0 saturated heterocycles. The Morgan fingerprint density at radius 1 is 1.53 bits per heavy atom. The highest BCUT2D eigenvalue weighted by Gasteiger charge is 2.18. The van der Waals surface area contributed by atoms with Crippen LogP contribution in [0.5, 0.6) is 0 Å². The SMILES string of the molecule is Cc1oc(CN(C)C(=O)c2cscn2)cc1C(=O)O. The smallest absolute Gasteiger partial charge is 0.339 e. The number of amides is 1. The third-order valence-corrected chi connectivity index (χ3v) is 3.18. The second-order valence-electron chi connectivity index (χ2n) is 4.02. The number of hydrogen-bond acceptors (Lipinski definition) is 5. The molecule has 0 radical (unpaired) electrons. The maximum absolute atomic E-state index is 11.9. The number of carboxylic acid groups (broad SMARTS) is 1. The van der Waals surface area contributed by atoms with Crippen molar-refractivity contribution in [1.29, 1.82) is 0 Å². The second-order valence-corrected chi connectivity index (χ2v) is 4.74. The number of hydrogen-bond donors (Lipinski definition) is 1. The lowest BCUT2D eigenvalue weighted by Crippen LogP contribution is -2.26. The molecule has 0 fully saturated rings. The zero-order valence-electron chi connectivity index (χ0n) is 10.4. The van der Waals surface area contributed by atoms with Gasteiger partial charge >= 0.3 is 5.97 Å². The van der Waals surface area contributed by atoms with E-state index in [9.17, 15) is 9.59 Å². The van der Waals surface area contributed by atoms with Crippen molar-refractivity contribution in [1.82, 2.24) is 9.88 Å². The van der Waals surface area contributed by atoms with Gasteiger partial charge in [0.25, 0.3) is 5.91 Å². The number of thiazole rings is 1. The molecule has 0 aliphatic rings. The predicted octanol–water partition coefficient (Wildman–Crippen LogP) is 2.01. The summed E-state index contributed by atoms with van der Waals surface area (Å²) in [7, 11) is 1.61. The van der Waals surface area contributed by atoms with Crippen LogP contribution in [-0.4, -0.2) is 33.9 Å². The van der Waals surface area contributed by atoms with Crippen LogP contribution in [0.15, 0.2) is 21.4 Å². The first kappa shape index (κ1) is 13.3. The monoisotopic (exact) mass is 280 g/mol. The van der Waals surface area contributed by atoms with Gasteiger partial charge in [-0.25, -0.2) is 9.78 Å². The number of carboxylic acids is 1. The minimum Gasteiger partial charge on any atom is -0.478 e. The molecule has 0 unspecified atom stereocenters. The van der Waals surface area contributed by atoms with Crippen molar-refractivity contribution in [2.24, 2.45) is 0 Å². The molecule has 2 aromatic rings. The molecule has 0 spiro atoms. The highest BCUT2D eigenvalue weighted by molar-refractivity contribution is 7.07. The van der Waals surface area contributed by atoms with E-state index in [1.165, 1.54) is 22.3 Å². The first-order valence-corrected chi connectivity index (χ1v) is 6.39. The summed E-state index contributed by atoms with van der Waals surface area (Å²) in [4.78, 5) is 28.2. The van der Waals surface area contributed by atoms with Gasteiger partial charge in [-0.05, 0) is 13.0 Å². The van der Waals surface area contributed by atoms with Crippen LogP contribution in [0.1, 0.15) is 32.4 Å². The fraction of sp³-hybridized carbons (Fsp3) is 0.250. The Kier molecular flexibility index (Phi) is 3.66. The third kappa shape index (κ3) is 2.82. The summed E-state index contributed by atoms with van der Waals surface area (Å²) in [6, 6.07) is 1.43. The van der Waals surface area contributed by atoms with Crippen molar-refractivity contribution in [3.63, 3.8) is 0 Å². The number of carbonyl (C=O) groups is 2. The quantitative estimate of drug-likeness (QED) is 0.926. The van der Waals surface area contributed by atoms with Gasteiger partial charge in [-0.2, -0.15) is 0 Å². The van der Waals surface area contributed by atoms with Crippen molar-refractivity contribution >= 4 is 23.2 Å². The Labute approximate surface area is 113 Å². The van der Waals surface area contributed by atoms with Crippen LogP contribution >= 0.6 is 11.3 Å². The summed E-state index contributed by atoms with van der Waals surface area (Å²) in [6.45, 7) is 1.78. The molecule has 0 bridgehead atoms. The Morgan fingerprint density at radius 2 is 2.26 bits per heavy atom. The zero-order chi connectivity index (χ0) is 14.0. The Morgan fingerprint density at radius 3 is 2.79 bits per heavy atom. The van der Waals surface area contributed by atoms with Gasteiger partial charge in [0.1, 0.15) is 22.8 Å². The first-order chi connectivity index (χ1) is 8.99. The van der Waals surface area contributed by atoms with Crippen molar-refractivity contribution in [2.75, 3.05) is 7.05 Å². The number of furan rings is 1. The van der Waals surface area contributed by atoms with Crippen molar-refractivity contribution in [3.05, 3.63) is 39.7 Å². The van der Waals surface area contributed by atoms with E-state index < -0.39 is 5.97 Å². The molecule has 7 heteroatoms. The molecule has 0 aromatic carbocycles. The van der Waals surface area contributed by atoms with Gasteiger partial charge in [0.2, 0.25) is 0 Å². The molecule has 0 aliphatic heterocycles. The molecule has 1 amide bonds. The standard InChI is InChI=1S/C12H12N2O4S/c1-7-9(12(16)17)3-8(18-7)4-14(2)11(15)10-5-19-6-13-10/h3,5-6H,4H2,1-2H3,(H,16,17). The van der Waals surface area contributed by atoms with Crippen LogP contribution in [-0.2, 0) is 6.54 Å². The number of aryl methyl sites for hydroxylation is 1. The van der Waals surface area contributed by atoms with Crippen molar-refractivity contribution in [3.8, 4) is 0 Å². The van der Waals surface area contributed by atoms with E-state index in [0.29, 0.717) is 17.2 Å². The topological polar surface area (TPSA) is 83.6 Å². The van der Waals surface area contributed by atoms with E-state index in [4.69, 9.17) is 9.52 Å². The maximum Gasteiger partial charge on any atom is 0.339 e. The van der Waals surface area contributed by atoms with E-state index >= 15 is 0 Å². The van der Waals surface area contributed by atoms with Crippen LogP contribution < -0.4 is 0 Å². The molecular formula is C12H12N2O4S. The van der Waals surface area contributed by atoms with E-state index in [-0.39, 0.29) is 18.0 Å². The summed E-state index contributed by atoms with van der Waals surface area (Å²) in [5, 5.41) is 10.6. The van der Waals surface area contributed by atoms with Crippen LogP contribution in [0.4, 0.5) is 0 Å². The van der Waals surface area contributed by atoms with Gasteiger partial charge in [-0.3, -0.25) is 4.79 Å². The van der Waals surface area contributed by atoms with E-state index in [2.05, 4.69) is 4.98 Å². The summed E-state index contributed by atoms with van der Waals surface area (Å²) >= 11 is 1.34. The van der Waals surface area contributed by atoms with Crippen molar-refractivity contribution in [2.45, 2.75) is 13.5 Å². The molecule has 0 atom stereocenters. The van der Waals surface area contributed by atoms with Crippen LogP contribution in [0.25, 0.3) is 0 Å². The molecule has 0 aliphatic carbocycles. The fourth-order valence-electron chi connectivity index (χ4n) is 1.65. The molecule has 0 saturated carbocycles. The van der Waals surface area contributed by atoms with Gasteiger partial charge in [0.15, 0.2) is 0 Å². The second kappa shape index (κ2) is 5.23. The lowest BCUT2D eigenvalue weighted by Gasteiger charge is -2.13. The van der Waals surface area contributed by atoms with Crippen LogP contribution in [0.2, 0.25) is 0 Å². The van der Waals surface area contributed by atoms with Crippen LogP contribution in [0.3, 0.4) is 0 Å². The van der Waals surface area contributed by atoms with Crippen molar-refractivity contribution < 1.29 is 19.1 Å². The number of rotatable bonds is 4. The molecular weight excluding hydrogens is 268 g/mol. The van der Waals surface area contributed by atoms with E-state index in [1.54, 1.807) is 24.9 Å². The molecule has 1 N–H and O–H groups in total. The molecule has 2 heterocycles. The van der Waals surface area contributed by atoms with Gasteiger partial charge in [0.05, 0.1) is 12.1 Å². The normalized spacial score (nSPS) is 10.4. The molecule has 100 valence electrons. The number of carbonyl (C=O) groups excluding carboxylic acids is 1. The van der Waals surface area contributed by atoms with Gasteiger partial charge in [-0.1, -0.05) is 0 Å². The molecule has 19 heavy (non-hydrogen) atoms. The lowest BCUT2D eigenvalue weighted by molar-refractivity contribution is 0.0694. The van der Waals surface area contributed by atoms with E-state index in [1.807, 2.05) is 0 Å². The Balaban J connectivity index is 2.11. The Hall–Kier alpha value is -2.15. The summed E-state index contributed by atoms with van der Waals surface area (Å²) < 4.78 is 5.32. The minimum atomic E-state index is -1.04. The largest absolute Gasteiger partial charge is 0.478 e.